The SMILES string of the molecule is CCC(O)C[C@H]1O[C@@H]2O[C@]3(C)CC[C@H]4[C@H](C)CC[C@@H]([C@H]1C)[C@@]24OO3. The molecular formula is C19H32O5. The molecular weight excluding hydrogens is 308 g/mol. The highest BCUT2D eigenvalue weighted by molar-refractivity contribution is 5.09. The van der Waals surface area contributed by atoms with Crippen LogP contribution in [0.1, 0.15) is 66.2 Å². The summed E-state index contributed by atoms with van der Waals surface area (Å²) >= 11 is 0. The van der Waals surface area contributed by atoms with Crippen molar-refractivity contribution >= 4 is 0 Å². The smallest absolute Gasteiger partial charge is 0.201 e. The van der Waals surface area contributed by atoms with Crippen molar-refractivity contribution in [3.05, 3.63) is 0 Å². The zero-order valence-corrected chi connectivity index (χ0v) is 15.4. The molecule has 1 saturated carbocycles. The molecule has 5 heteroatoms. The van der Waals surface area contributed by atoms with Gasteiger partial charge in [-0.1, -0.05) is 20.8 Å². The Morgan fingerprint density at radius 3 is 2.67 bits per heavy atom. The van der Waals surface area contributed by atoms with Crippen molar-refractivity contribution in [3.63, 3.8) is 0 Å². The molecule has 0 aromatic rings. The van der Waals surface area contributed by atoms with E-state index in [1.54, 1.807) is 0 Å². The van der Waals surface area contributed by atoms with E-state index in [0.717, 1.165) is 25.7 Å². The number of rotatable bonds is 3. The lowest BCUT2D eigenvalue weighted by Crippen LogP contribution is -2.70. The summed E-state index contributed by atoms with van der Waals surface area (Å²) in [7, 11) is 0. The van der Waals surface area contributed by atoms with Crippen molar-refractivity contribution in [1.82, 2.24) is 0 Å². The highest BCUT2D eigenvalue weighted by Gasteiger charge is 2.69. The largest absolute Gasteiger partial charge is 0.393 e. The zero-order chi connectivity index (χ0) is 17.1. The minimum Gasteiger partial charge on any atom is -0.393 e. The summed E-state index contributed by atoms with van der Waals surface area (Å²) in [5, 5.41) is 10.2. The standard InChI is InChI=1S/C19H32O5/c1-5-13(20)10-16-12(3)15-7-6-11(2)14-8-9-18(4)22-17(21-16)19(14,15)24-23-18/h11-17,20H,5-10H2,1-4H3/t11-,12-,13?,14+,15+,16-,17-,18+,19-/m1/s1. The van der Waals surface area contributed by atoms with Crippen LogP contribution in [0.5, 0.6) is 0 Å². The first-order valence-electron chi connectivity index (χ1n) is 9.78. The van der Waals surface area contributed by atoms with E-state index >= 15 is 0 Å². The molecule has 138 valence electrons. The molecule has 24 heavy (non-hydrogen) atoms. The number of ether oxygens (including phenoxy) is 2. The molecule has 0 amide bonds. The van der Waals surface area contributed by atoms with Crippen LogP contribution in [-0.2, 0) is 19.2 Å². The van der Waals surface area contributed by atoms with Gasteiger partial charge in [0.15, 0.2) is 11.9 Å². The van der Waals surface area contributed by atoms with Gasteiger partial charge in [0.05, 0.1) is 12.2 Å². The molecule has 0 aromatic heterocycles. The van der Waals surface area contributed by atoms with Crippen LogP contribution in [0.25, 0.3) is 0 Å². The normalized spacial score (nSPS) is 54.9. The first-order valence-corrected chi connectivity index (χ1v) is 9.78. The highest BCUT2D eigenvalue weighted by atomic mass is 17.3. The second kappa shape index (κ2) is 5.92. The van der Waals surface area contributed by atoms with Gasteiger partial charge in [-0.2, -0.15) is 0 Å². The Kier molecular flexibility index (Phi) is 4.25. The Hall–Kier alpha value is -0.200. The molecule has 5 aliphatic rings. The maximum absolute atomic E-state index is 10.2. The number of aliphatic hydroxyl groups excluding tert-OH is 1. The third-order valence-corrected chi connectivity index (χ3v) is 7.27. The van der Waals surface area contributed by atoms with E-state index in [2.05, 4.69) is 13.8 Å². The van der Waals surface area contributed by atoms with Gasteiger partial charge in [0.25, 0.3) is 0 Å². The minimum atomic E-state index is -0.716. The van der Waals surface area contributed by atoms with E-state index in [0.29, 0.717) is 30.1 Å². The van der Waals surface area contributed by atoms with Gasteiger partial charge in [0.2, 0.25) is 5.79 Å². The van der Waals surface area contributed by atoms with Crippen LogP contribution >= 0.6 is 0 Å². The first-order chi connectivity index (χ1) is 11.4. The Balaban J connectivity index is 1.69. The second-order valence-electron chi connectivity index (χ2n) is 8.74. The Morgan fingerprint density at radius 1 is 1.12 bits per heavy atom. The minimum absolute atomic E-state index is 0.0150. The van der Waals surface area contributed by atoms with Gasteiger partial charge in [-0.15, -0.1) is 0 Å². The number of aliphatic hydroxyl groups is 1. The van der Waals surface area contributed by atoms with Crippen LogP contribution < -0.4 is 0 Å². The predicted molar refractivity (Wildman–Crippen MR) is 87.7 cm³/mol. The molecule has 4 saturated heterocycles. The third-order valence-electron chi connectivity index (χ3n) is 7.27. The highest BCUT2D eigenvalue weighted by Crippen LogP contribution is 2.60. The van der Waals surface area contributed by atoms with E-state index < -0.39 is 11.4 Å². The monoisotopic (exact) mass is 340 g/mol. The Labute approximate surface area is 144 Å². The third kappa shape index (κ3) is 2.39. The maximum atomic E-state index is 10.2. The topological polar surface area (TPSA) is 57.2 Å². The second-order valence-corrected chi connectivity index (χ2v) is 8.74. The van der Waals surface area contributed by atoms with Crippen LogP contribution in [0.4, 0.5) is 0 Å². The molecule has 4 heterocycles. The summed E-state index contributed by atoms with van der Waals surface area (Å²) < 4.78 is 12.8. The van der Waals surface area contributed by atoms with Crippen molar-refractivity contribution in [3.8, 4) is 0 Å². The van der Waals surface area contributed by atoms with E-state index in [-0.39, 0.29) is 18.5 Å². The zero-order valence-electron chi connectivity index (χ0n) is 15.4. The van der Waals surface area contributed by atoms with Crippen LogP contribution in [0.3, 0.4) is 0 Å². The summed E-state index contributed by atoms with van der Waals surface area (Å²) in [4.78, 5) is 11.9. The fourth-order valence-electron chi connectivity index (χ4n) is 5.68. The number of hydrogen-bond acceptors (Lipinski definition) is 5. The van der Waals surface area contributed by atoms with Gasteiger partial charge in [0, 0.05) is 12.3 Å². The summed E-state index contributed by atoms with van der Waals surface area (Å²) in [6.45, 7) is 8.54. The van der Waals surface area contributed by atoms with E-state index in [1.165, 1.54) is 6.42 Å². The van der Waals surface area contributed by atoms with Gasteiger partial charge >= 0.3 is 0 Å². The summed E-state index contributed by atoms with van der Waals surface area (Å²) in [5.74, 6) is 0.961. The fourth-order valence-corrected chi connectivity index (χ4v) is 5.68. The van der Waals surface area contributed by atoms with Gasteiger partial charge in [0.1, 0.15) is 0 Å². The molecule has 4 aliphatic heterocycles. The van der Waals surface area contributed by atoms with Gasteiger partial charge in [-0.25, -0.2) is 9.78 Å². The molecule has 1 spiro atoms. The van der Waals surface area contributed by atoms with Gasteiger partial charge < -0.3 is 14.6 Å². The molecule has 2 bridgehead atoms. The summed E-state index contributed by atoms with van der Waals surface area (Å²) in [6, 6.07) is 0. The van der Waals surface area contributed by atoms with Crippen molar-refractivity contribution in [2.45, 2.75) is 96.1 Å². The first kappa shape index (κ1) is 17.2. The van der Waals surface area contributed by atoms with Crippen LogP contribution in [0.15, 0.2) is 0 Å². The Bertz CT molecular complexity index is 484. The van der Waals surface area contributed by atoms with Crippen LogP contribution in [0, 0.1) is 23.7 Å². The predicted octanol–water partition coefficient (Wildman–Crippen LogP) is 3.40. The number of fused-ring (bicyclic) bond motifs is 2. The molecule has 1 unspecified atom stereocenters. The van der Waals surface area contributed by atoms with E-state index in [4.69, 9.17) is 19.2 Å². The van der Waals surface area contributed by atoms with Gasteiger partial charge in [-0.3, -0.25) is 0 Å². The van der Waals surface area contributed by atoms with Crippen LogP contribution in [0.2, 0.25) is 0 Å². The molecule has 1 N–H and O–H groups in total. The van der Waals surface area contributed by atoms with Crippen molar-refractivity contribution < 1.29 is 24.4 Å². The van der Waals surface area contributed by atoms with Crippen LogP contribution in [-0.4, -0.2) is 35.0 Å². The lowest BCUT2D eigenvalue weighted by Gasteiger charge is -2.60. The average Bonchev–Trinajstić information content (AvgIpc) is 2.78. The fraction of sp³-hybridized carbons (Fsp3) is 1.00. The van der Waals surface area contributed by atoms with Crippen molar-refractivity contribution in [2.24, 2.45) is 23.7 Å². The van der Waals surface area contributed by atoms with Crippen molar-refractivity contribution in [1.29, 1.82) is 0 Å². The lowest BCUT2D eigenvalue weighted by atomic mass is 9.57. The molecule has 0 radical (unpaired) electrons. The summed E-state index contributed by atoms with van der Waals surface area (Å²) in [6.07, 6.45) is 4.96. The molecule has 0 aromatic carbocycles. The lowest BCUT2D eigenvalue weighted by molar-refractivity contribution is -0.571. The molecule has 5 fully saturated rings. The Morgan fingerprint density at radius 2 is 1.92 bits per heavy atom. The van der Waals surface area contributed by atoms with E-state index in [9.17, 15) is 5.11 Å². The average molecular weight is 340 g/mol. The maximum Gasteiger partial charge on any atom is 0.201 e. The van der Waals surface area contributed by atoms with Crippen molar-refractivity contribution in [2.75, 3.05) is 0 Å². The molecule has 1 aliphatic carbocycles. The quantitative estimate of drug-likeness (QED) is 0.798. The molecule has 9 atom stereocenters. The number of hydrogen-bond donors (Lipinski definition) is 1. The van der Waals surface area contributed by atoms with Gasteiger partial charge in [-0.05, 0) is 56.8 Å². The van der Waals surface area contributed by atoms with E-state index in [1.807, 2.05) is 13.8 Å². The molecule has 5 nitrogen and oxygen atoms in total. The molecule has 5 rings (SSSR count). The summed E-state index contributed by atoms with van der Waals surface area (Å²) in [5.41, 5.74) is -0.485.